The molecule has 6 heteroatoms. The Balaban J connectivity index is 2.03. The number of nitriles is 1. The molecule has 6 nitrogen and oxygen atoms in total. The van der Waals surface area contributed by atoms with Gasteiger partial charge in [0.1, 0.15) is 18.2 Å². The molecule has 0 aliphatic heterocycles. The Hall–Kier alpha value is -3.85. The third-order valence-electron chi connectivity index (χ3n) is 4.13. The second-order valence-corrected chi connectivity index (χ2v) is 6.07. The summed E-state index contributed by atoms with van der Waals surface area (Å²) in [5, 5.41) is 22.1. The van der Waals surface area contributed by atoms with Crippen molar-refractivity contribution in [3.8, 4) is 6.07 Å². The SMILES string of the molecule is Cc1cccc2c(C=C(C#N)C(=O)Nc3ccccc3)cn(CC(=O)O)c12. The molecule has 1 aromatic heterocycles. The van der Waals surface area contributed by atoms with Crippen LogP contribution in [0, 0.1) is 18.3 Å². The number of fused-ring (bicyclic) bond motifs is 1. The lowest BCUT2D eigenvalue weighted by molar-refractivity contribution is -0.137. The molecule has 1 heterocycles. The molecular weight excluding hydrogens is 342 g/mol. The van der Waals surface area contributed by atoms with Crippen molar-refractivity contribution in [1.82, 2.24) is 4.57 Å². The van der Waals surface area contributed by atoms with Gasteiger partial charge in [0, 0.05) is 22.8 Å². The van der Waals surface area contributed by atoms with Crippen LogP contribution in [0.3, 0.4) is 0 Å². The van der Waals surface area contributed by atoms with Gasteiger partial charge in [0.2, 0.25) is 0 Å². The molecule has 2 N–H and O–H groups in total. The average molecular weight is 359 g/mol. The van der Waals surface area contributed by atoms with Crippen molar-refractivity contribution < 1.29 is 14.7 Å². The van der Waals surface area contributed by atoms with E-state index in [1.54, 1.807) is 35.0 Å². The maximum atomic E-state index is 12.4. The first-order valence-corrected chi connectivity index (χ1v) is 8.28. The van der Waals surface area contributed by atoms with Crippen LogP contribution in [-0.4, -0.2) is 21.6 Å². The van der Waals surface area contributed by atoms with E-state index in [2.05, 4.69) is 5.32 Å². The third-order valence-corrected chi connectivity index (χ3v) is 4.13. The summed E-state index contributed by atoms with van der Waals surface area (Å²) in [5.41, 5.74) is 2.84. The molecule has 0 fully saturated rings. The summed E-state index contributed by atoms with van der Waals surface area (Å²) in [5.74, 6) is -1.48. The van der Waals surface area contributed by atoms with E-state index in [-0.39, 0.29) is 12.1 Å². The van der Waals surface area contributed by atoms with E-state index >= 15 is 0 Å². The summed E-state index contributed by atoms with van der Waals surface area (Å²) in [7, 11) is 0. The maximum absolute atomic E-state index is 12.4. The van der Waals surface area contributed by atoms with Crippen molar-refractivity contribution in [2.24, 2.45) is 0 Å². The van der Waals surface area contributed by atoms with E-state index < -0.39 is 11.9 Å². The topological polar surface area (TPSA) is 95.1 Å². The monoisotopic (exact) mass is 359 g/mol. The van der Waals surface area contributed by atoms with E-state index in [0.29, 0.717) is 11.3 Å². The van der Waals surface area contributed by atoms with Crippen LogP contribution in [-0.2, 0) is 16.1 Å². The molecule has 0 saturated heterocycles. The minimum atomic E-state index is -0.965. The highest BCUT2D eigenvalue weighted by molar-refractivity contribution is 6.10. The molecule has 0 bridgehead atoms. The Morgan fingerprint density at radius 1 is 1.19 bits per heavy atom. The predicted octanol–water partition coefficient (Wildman–Crippen LogP) is 3.58. The predicted molar refractivity (Wildman–Crippen MR) is 103 cm³/mol. The van der Waals surface area contributed by atoms with Crippen LogP contribution in [0.15, 0.2) is 60.3 Å². The van der Waals surface area contributed by atoms with Crippen molar-refractivity contribution >= 4 is 34.5 Å². The molecule has 0 aliphatic carbocycles. The van der Waals surface area contributed by atoms with Crippen molar-refractivity contribution in [3.63, 3.8) is 0 Å². The molecule has 0 aliphatic rings. The van der Waals surface area contributed by atoms with E-state index in [4.69, 9.17) is 5.11 Å². The normalized spacial score (nSPS) is 11.2. The van der Waals surface area contributed by atoms with E-state index in [9.17, 15) is 14.9 Å². The first-order chi connectivity index (χ1) is 13.0. The van der Waals surface area contributed by atoms with Gasteiger partial charge in [-0.1, -0.05) is 36.4 Å². The van der Waals surface area contributed by atoms with Gasteiger partial charge in [0.05, 0.1) is 5.52 Å². The molecule has 3 aromatic rings. The highest BCUT2D eigenvalue weighted by atomic mass is 16.4. The summed E-state index contributed by atoms with van der Waals surface area (Å²) in [4.78, 5) is 23.6. The molecule has 1 amide bonds. The smallest absolute Gasteiger partial charge is 0.323 e. The zero-order valence-corrected chi connectivity index (χ0v) is 14.6. The van der Waals surface area contributed by atoms with Crippen molar-refractivity contribution in [1.29, 1.82) is 5.26 Å². The number of nitrogens with one attached hydrogen (secondary N) is 1. The molecule has 134 valence electrons. The molecule has 27 heavy (non-hydrogen) atoms. The third kappa shape index (κ3) is 3.88. The number of aliphatic carboxylic acids is 1. The van der Waals surface area contributed by atoms with Gasteiger partial charge < -0.3 is 15.0 Å². The number of carbonyl (C=O) groups excluding carboxylic acids is 1. The Morgan fingerprint density at radius 2 is 1.93 bits per heavy atom. The van der Waals surface area contributed by atoms with Crippen LogP contribution >= 0.6 is 0 Å². The number of benzene rings is 2. The van der Waals surface area contributed by atoms with E-state index in [0.717, 1.165) is 16.5 Å². The second-order valence-electron chi connectivity index (χ2n) is 6.07. The summed E-state index contributed by atoms with van der Waals surface area (Å²) >= 11 is 0. The molecule has 2 aromatic carbocycles. The van der Waals surface area contributed by atoms with E-state index in [1.165, 1.54) is 6.08 Å². The summed E-state index contributed by atoms with van der Waals surface area (Å²) < 4.78 is 1.61. The first kappa shape index (κ1) is 18.0. The number of carboxylic acids is 1. The quantitative estimate of drug-likeness (QED) is 0.538. The fraction of sp³-hybridized carbons (Fsp3) is 0.0952. The first-order valence-electron chi connectivity index (χ1n) is 8.28. The summed E-state index contributed by atoms with van der Waals surface area (Å²) in [6.07, 6.45) is 3.14. The van der Waals surface area contributed by atoms with Gasteiger partial charge >= 0.3 is 5.97 Å². The number of nitrogens with zero attached hydrogens (tertiary/aromatic N) is 2. The zero-order chi connectivity index (χ0) is 19.4. The molecule has 0 atom stereocenters. The number of carbonyl (C=O) groups is 2. The van der Waals surface area contributed by atoms with Crippen molar-refractivity contribution in [3.05, 3.63) is 71.4 Å². The molecule has 3 rings (SSSR count). The number of amides is 1. The lowest BCUT2D eigenvalue weighted by Gasteiger charge is -2.04. The Morgan fingerprint density at radius 3 is 2.59 bits per heavy atom. The molecule has 0 unspecified atom stereocenters. The van der Waals surface area contributed by atoms with Gasteiger partial charge in [-0.05, 0) is 30.7 Å². The number of hydrogen-bond donors (Lipinski definition) is 2. The van der Waals surface area contributed by atoms with E-state index in [1.807, 2.05) is 37.3 Å². The van der Waals surface area contributed by atoms with Gasteiger partial charge in [0.25, 0.3) is 5.91 Å². The van der Waals surface area contributed by atoms with Crippen LogP contribution < -0.4 is 5.32 Å². The largest absolute Gasteiger partial charge is 0.480 e. The number of aromatic nitrogens is 1. The van der Waals surface area contributed by atoms with Crippen LogP contribution in [0.2, 0.25) is 0 Å². The number of hydrogen-bond acceptors (Lipinski definition) is 3. The molecule has 0 saturated carbocycles. The van der Waals surface area contributed by atoms with Crippen LogP contribution in [0.5, 0.6) is 0 Å². The molecular formula is C21H17N3O3. The minimum Gasteiger partial charge on any atom is -0.480 e. The second kappa shape index (κ2) is 7.58. The summed E-state index contributed by atoms with van der Waals surface area (Å²) in [6, 6.07) is 16.4. The Labute approximate surface area is 156 Å². The van der Waals surface area contributed by atoms with Crippen LogP contribution in [0.25, 0.3) is 17.0 Å². The number of para-hydroxylation sites is 2. The number of anilines is 1. The molecule has 0 spiro atoms. The van der Waals surface area contributed by atoms with Gasteiger partial charge in [-0.2, -0.15) is 5.26 Å². The number of rotatable bonds is 5. The summed E-state index contributed by atoms with van der Waals surface area (Å²) in [6.45, 7) is 1.69. The zero-order valence-electron chi connectivity index (χ0n) is 14.6. The minimum absolute atomic E-state index is 0.0604. The van der Waals surface area contributed by atoms with Gasteiger partial charge in [0.15, 0.2) is 0 Å². The Kier molecular flexibility index (Phi) is 5.04. The number of carboxylic acid groups (broad SMARTS) is 1. The van der Waals surface area contributed by atoms with Gasteiger partial charge in [-0.25, -0.2) is 0 Å². The highest BCUT2D eigenvalue weighted by Gasteiger charge is 2.15. The fourth-order valence-corrected chi connectivity index (χ4v) is 2.98. The lowest BCUT2D eigenvalue weighted by atomic mass is 10.1. The number of aryl methyl sites for hydroxylation is 1. The van der Waals surface area contributed by atoms with Crippen molar-refractivity contribution in [2.75, 3.05) is 5.32 Å². The van der Waals surface area contributed by atoms with Crippen LogP contribution in [0.1, 0.15) is 11.1 Å². The standard InChI is InChI=1S/C21H17N3O3/c1-14-6-5-9-18-16(12-24(20(14)18)13-19(25)26)10-15(11-22)21(27)23-17-7-3-2-4-8-17/h2-10,12H,13H2,1H3,(H,23,27)(H,25,26). The van der Waals surface area contributed by atoms with Gasteiger partial charge in [-0.15, -0.1) is 0 Å². The van der Waals surface area contributed by atoms with Crippen LogP contribution in [0.4, 0.5) is 5.69 Å². The Bertz CT molecular complexity index is 1090. The average Bonchev–Trinajstić information content (AvgIpc) is 2.98. The van der Waals surface area contributed by atoms with Crippen molar-refractivity contribution in [2.45, 2.75) is 13.5 Å². The fourth-order valence-electron chi connectivity index (χ4n) is 2.98. The molecule has 0 radical (unpaired) electrons. The highest BCUT2D eigenvalue weighted by Crippen LogP contribution is 2.26. The lowest BCUT2D eigenvalue weighted by Crippen LogP contribution is -2.13. The maximum Gasteiger partial charge on any atom is 0.323 e. The van der Waals surface area contributed by atoms with Gasteiger partial charge in [-0.3, -0.25) is 9.59 Å².